The molecule has 4 rings (SSSR count). The molecule has 172 valence electrons. The second kappa shape index (κ2) is 12.8. The predicted octanol–water partition coefficient (Wildman–Crippen LogP) is 4.57. The van der Waals surface area contributed by atoms with E-state index >= 15 is 0 Å². The number of methoxy groups -OCH3 is 2. The molecular weight excluding hydrogens is 428 g/mol. The summed E-state index contributed by atoms with van der Waals surface area (Å²) >= 11 is 4.64. The molecule has 0 spiro atoms. The van der Waals surface area contributed by atoms with E-state index < -0.39 is 0 Å². The van der Waals surface area contributed by atoms with Crippen molar-refractivity contribution in [3.8, 4) is 34.7 Å². The maximum absolute atomic E-state index is 9.64. The van der Waals surface area contributed by atoms with Crippen molar-refractivity contribution < 1.29 is 19.8 Å². The summed E-state index contributed by atoms with van der Waals surface area (Å²) in [6, 6.07) is 12.0. The van der Waals surface area contributed by atoms with E-state index in [0.29, 0.717) is 29.0 Å². The highest BCUT2D eigenvalue weighted by atomic mass is 35.5. The Morgan fingerprint density at radius 3 is 2.41 bits per heavy atom. The number of hydroxylamine groups is 1. The minimum Gasteiger partial charge on any atom is -0.495 e. The first kappa shape index (κ1) is 25.3. The number of nitrogens with zero attached hydrogens (tertiary/aromatic N) is 3. The number of halogens is 1. The van der Waals surface area contributed by atoms with Crippen LogP contribution in [0.4, 0.5) is 0 Å². The third-order valence-electron chi connectivity index (χ3n) is 5.18. The fraction of sp³-hybridized carbons (Fsp3) is 0.417. The van der Waals surface area contributed by atoms with Crippen LogP contribution in [0.3, 0.4) is 0 Å². The molecular formula is C24H32ClN4O3+. The van der Waals surface area contributed by atoms with Gasteiger partial charge in [-0.15, -0.1) is 11.6 Å². The first-order valence-corrected chi connectivity index (χ1v) is 11.5. The minimum atomic E-state index is 0.390. The quantitative estimate of drug-likeness (QED) is 0.431. The van der Waals surface area contributed by atoms with Gasteiger partial charge >= 0.3 is 0 Å². The molecule has 0 unspecified atom stereocenters. The van der Waals surface area contributed by atoms with Crippen molar-refractivity contribution in [3.63, 3.8) is 0 Å². The molecule has 0 atom stereocenters. The Bertz CT molecular complexity index is 1040. The molecule has 1 saturated carbocycles. The lowest BCUT2D eigenvalue weighted by Gasteiger charge is -2.14. The van der Waals surface area contributed by atoms with Gasteiger partial charge in [0.2, 0.25) is 5.75 Å². The third kappa shape index (κ3) is 5.45. The molecule has 2 aromatic heterocycles. The molecule has 8 heteroatoms. The van der Waals surface area contributed by atoms with E-state index in [0.717, 1.165) is 29.7 Å². The molecule has 1 aliphatic carbocycles. The molecule has 2 heterocycles. The van der Waals surface area contributed by atoms with Crippen molar-refractivity contribution >= 4 is 17.2 Å². The van der Waals surface area contributed by atoms with E-state index in [1.165, 1.54) is 19.2 Å². The number of pyridine rings is 1. The third-order valence-corrected chi connectivity index (χ3v) is 5.18. The van der Waals surface area contributed by atoms with Crippen LogP contribution in [0.15, 0.2) is 36.5 Å². The van der Waals surface area contributed by atoms with Crippen molar-refractivity contribution in [1.29, 1.82) is 5.26 Å². The minimum absolute atomic E-state index is 0.390. The average molecular weight is 460 g/mol. The smallest absolute Gasteiger partial charge is 0.212 e. The Morgan fingerprint density at radius 1 is 1.09 bits per heavy atom. The Balaban J connectivity index is 0.000000860. The molecule has 1 aromatic carbocycles. The fourth-order valence-electron chi connectivity index (χ4n) is 3.73. The summed E-state index contributed by atoms with van der Waals surface area (Å²) in [4.78, 5) is 10.4. The number of quaternary nitrogens is 1. The normalized spacial score (nSPS) is 12.8. The van der Waals surface area contributed by atoms with E-state index in [9.17, 15) is 5.26 Å². The Labute approximate surface area is 194 Å². The molecule has 0 radical (unpaired) electrons. The number of rotatable bonds is 6. The zero-order valence-electron chi connectivity index (χ0n) is 19.4. The highest BCUT2D eigenvalue weighted by Gasteiger charge is 2.22. The van der Waals surface area contributed by atoms with Crippen LogP contribution >= 0.6 is 11.6 Å². The number of fused-ring (bicyclic) bond motifs is 1. The summed E-state index contributed by atoms with van der Waals surface area (Å²) < 4.78 is 12.9. The Hall–Kier alpha value is -2.95. The number of hydrogen-bond donors (Lipinski definition) is 1. The van der Waals surface area contributed by atoms with Gasteiger partial charge in [0.1, 0.15) is 29.1 Å². The summed E-state index contributed by atoms with van der Waals surface area (Å²) in [5, 5.41) is 9.64. The van der Waals surface area contributed by atoms with Crippen LogP contribution in [0.25, 0.3) is 16.9 Å². The van der Waals surface area contributed by atoms with Gasteiger partial charge in [0.05, 0.1) is 26.1 Å². The molecule has 0 saturated heterocycles. The van der Waals surface area contributed by atoms with Crippen molar-refractivity contribution in [3.05, 3.63) is 42.1 Å². The summed E-state index contributed by atoms with van der Waals surface area (Å²) in [6.45, 7) is 4.00. The number of hydrogen-bond acceptors (Lipinski definition) is 5. The molecule has 0 bridgehead atoms. The van der Waals surface area contributed by atoms with Crippen LogP contribution in [0, 0.1) is 11.3 Å². The number of ether oxygens (including phenoxy) is 2. The zero-order valence-corrected chi connectivity index (χ0v) is 20.1. The monoisotopic (exact) mass is 459 g/mol. The van der Waals surface area contributed by atoms with Crippen LogP contribution in [0.2, 0.25) is 0 Å². The van der Waals surface area contributed by atoms with Gasteiger partial charge in [0, 0.05) is 24.8 Å². The predicted molar refractivity (Wildman–Crippen MR) is 126 cm³/mol. The van der Waals surface area contributed by atoms with Crippen molar-refractivity contribution in [2.75, 3.05) is 20.6 Å². The first-order chi connectivity index (χ1) is 15.7. The zero-order chi connectivity index (χ0) is 23.5. The highest BCUT2D eigenvalue weighted by Crippen LogP contribution is 2.35. The number of aromatic nitrogens is 2. The number of imidazole rings is 1. The van der Waals surface area contributed by atoms with Gasteiger partial charge in [0.15, 0.2) is 5.88 Å². The fourth-order valence-corrected chi connectivity index (χ4v) is 3.73. The SMILES string of the molecule is CC.CCl.COc1cc(-c2cnc3cccc(OC)n23)cc(O[NH2+]C2CCCC2)c1C#N. The molecule has 1 fully saturated rings. The van der Waals surface area contributed by atoms with Gasteiger partial charge in [0.25, 0.3) is 0 Å². The van der Waals surface area contributed by atoms with Gasteiger partial charge in [-0.2, -0.15) is 10.7 Å². The van der Waals surface area contributed by atoms with Crippen molar-refractivity contribution in [1.82, 2.24) is 9.38 Å². The van der Waals surface area contributed by atoms with Crippen LogP contribution < -0.4 is 19.8 Å². The second-order valence-electron chi connectivity index (χ2n) is 6.87. The molecule has 3 aromatic rings. The van der Waals surface area contributed by atoms with E-state index in [1.807, 2.05) is 54.1 Å². The molecule has 0 aliphatic heterocycles. The topological polar surface area (TPSA) is 85.4 Å². The Morgan fingerprint density at radius 2 is 1.78 bits per heavy atom. The molecule has 1 aliphatic rings. The first-order valence-electron chi connectivity index (χ1n) is 10.8. The number of nitriles is 1. The van der Waals surface area contributed by atoms with Gasteiger partial charge < -0.3 is 14.3 Å². The largest absolute Gasteiger partial charge is 0.495 e. The number of nitrogens with two attached hydrogens (primary N) is 1. The lowest BCUT2D eigenvalue weighted by molar-refractivity contribution is -0.880. The van der Waals surface area contributed by atoms with Crippen molar-refractivity contribution in [2.45, 2.75) is 45.6 Å². The average Bonchev–Trinajstić information content (AvgIpc) is 3.54. The van der Waals surface area contributed by atoms with Crippen LogP contribution in [0.1, 0.15) is 45.1 Å². The van der Waals surface area contributed by atoms with Crippen LogP contribution in [-0.4, -0.2) is 36.0 Å². The van der Waals surface area contributed by atoms with E-state index in [2.05, 4.69) is 22.7 Å². The van der Waals surface area contributed by atoms with Crippen molar-refractivity contribution in [2.24, 2.45) is 0 Å². The van der Waals surface area contributed by atoms with E-state index in [-0.39, 0.29) is 0 Å². The van der Waals surface area contributed by atoms with Crippen LogP contribution in [0.5, 0.6) is 17.4 Å². The van der Waals surface area contributed by atoms with Crippen LogP contribution in [-0.2, 0) is 0 Å². The standard InChI is InChI=1S/C21H22N4O3.C2H6.CH3Cl/c1-26-18-10-14(17-13-23-20-8-5-9-21(27-2)25(17)20)11-19(16(18)12-22)28-24-15-6-3-4-7-15;2*1-2/h5,8-11,13,15,24H,3-4,6-7H2,1-2H3;1-2H3;1H3/p+1. The van der Waals surface area contributed by atoms with Gasteiger partial charge in [-0.25, -0.2) is 4.98 Å². The highest BCUT2D eigenvalue weighted by molar-refractivity contribution is 6.15. The van der Waals surface area contributed by atoms with Gasteiger partial charge in [-0.3, -0.25) is 4.40 Å². The lowest BCUT2D eigenvalue weighted by Crippen LogP contribution is -2.91. The molecule has 32 heavy (non-hydrogen) atoms. The van der Waals surface area contributed by atoms with Gasteiger partial charge in [-0.1, -0.05) is 19.9 Å². The summed E-state index contributed by atoms with van der Waals surface area (Å²) in [6.07, 6.45) is 7.96. The Kier molecular flexibility index (Phi) is 10.1. The van der Waals surface area contributed by atoms with E-state index in [1.54, 1.807) is 20.4 Å². The molecule has 2 N–H and O–H groups in total. The summed E-state index contributed by atoms with van der Waals surface area (Å²) in [5.41, 5.74) is 4.70. The lowest BCUT2D eigenvalue weighted by atomic mass is 10.1. The number of benzene rings is 1. The maximum atomic E-state index is 9.64. The number of alkyl halides is 1. The van der Waals surface area contributed by atoms with E-state index in [4.69, 9.17) is 14.3 Å². The maximum Gasteiger partial charge on any atom is 0.212 e. The molecule has 0 amide bonds. The van der Waals surface area contributed by atoms with Gasteiger partial charge in [-0.05, 0) is 37.1 Å². The summed E-state index contributed by atoms with van der Waals surface area (Å²) in [5.74, 6) is 1.64. The molecule has 7 nitrogen and oxygen atoms in total. The summed E-state index contributed by atoms with van der Waals surface area (Å²) in [7, 11) is 3.18. The second-order valence-corrected chi connectivity index (χ2v) is 6.87.